The average Bonchev–Trinajstić information content (AvgIpc) is 3.39. The summed E-state index contributed by atoms with van der Waals surface area (Å²) in [6, 6.07) is 14.1. The highest BCUT2D eigenvalue weighted by Gasteiger charge is 2.17. The molecule has 5 rings (SSSR count). The number of methoxy groups -OCH3 is 1. The lowest BCUT2D eigenvalue weighted by Crippen LogP contribution is -2.38. The quantitative estimate of drug-likeness (QED) is 0.350. The fraction of sp³-hybridized carbons (Fsp3) is 0.393. The zero-order chi connectivity index (χ0) is 24.4. The number of hydrogen-bond donors (Lipinski definition) is 0. The van der Waals surface area contributed by atoms with Gasteiger partial charge >= 0.3 is 0 Å². The summed E-state index contributed by atoms with van der Waals surface area (Å²) in [5.74, 6) is 0.789. The van der Waals surface area contributed by atoms with E-state index in [9.17, 15) is 4.39 Å². The first-order chi connectivity index (χ1) is 17.0. The van der Waals surface area contributed by atoms with Gasteiger partial charge in [-0.3, -0.25) is 4.90 Å². The van der Waals surface area contributed by atoms with Crippen molar-refractivity contribution >= 4 is 10.9 Å². The average molecular weight is 478 g/mol. The van der Waals surface area contributed by atoms with Crippen LogP contribution in [0.4, 0.5) is 4.39 Å². The van der Waals surface area contributed by atoms with Crippen LogP contribution in [0.5, 0.6) is 5.75 Å². The topological polar surface area (TPSA) is 52.7 Å². The van der Waals surface area contributed by atoms with Gasteiger partial charge in [0.25, 0.3) is 0 Å². The minimum absolute atomic E-state index is 0.278. The minimum Gasteiger partial charge on any atom is -0.494 e. The van der Waals surface area contributed by atoms with Crippen LogP contribution in [0.2, 0.25) is 0 Å². The molecule has 0 atom stereocenters. The zero-order valence-electron chi connectivity index (χ0n) is 20.6. The molecule has 1 aliphatic heterocycles. The Labute approximate surface area is 205 Å². The number of aryl methyl sites for hydroxylation is 4. The van der Waals surface area contributed by atoms with Gasteiger partial charge in [-0.05, 0) is 68.1 Å². The van der Waals surface area contributed by atoms with Gasteiger partial charge in [0.1, 0.15) is 5.76 Å². The maximum Gasteiger partial charge on any atom is 0.165 e. The van der Waals surface area contributed by atoms with Crippen LogP contribution in [0.3, 0.4) is 0 Å². The molecule has 0 unspecified atom stereocenters. The first-order valence-corrected chi connectivity index (χ1v) is 12.2. The van der Waals surface area contributed by atoms with Crippen LogP contribution >= 0.6 is 0 Å². The molecule has 0 radical (unpaired) electrons. The monoisotopic (exact) mass is 477 g/mol. The third-order valence-electron chi connectivity index (χ3n) is 6.94. The van der Waals surface area contributed by atoms with Crippen molar-refractivity contribution in [1.29, 1.82) is 0 Å². The molecule has 7 heteroatoms. The molecule has 184 valence electrons. The predicted molar refractivity (Wildman–Crippen MR) is 135 cm³/mol. The van der Waals surface area contributed by atoms with Crippen molar-refractivity contribution in [2.45, 2.75) is 33.2 Å². The van der Waals surface area contributed by atoms with Crippen molar-refractivity contribution in [3.05, 3.63) is 71.0 Å². The van der Waals surface area contributed by atoms with Gasteiger partial charge in [-0.2, -0.15) is 0 Å². The Hall–Kier alpha value is -3.16. The lowest BCUT2D eigenvalue weighted by Gasteiger charge is -2.27. The molecule has 2 aromatic carbocycles. The van der Waals surface area contributed by atoms with E-state index in [0.29, 0.717) is 0 Å². The third-order valence-corrected chi connectivity index (χ3v) is 6.94. The second-order valence-corrected chi connectivity index (χ2v) is 9.18. The molecule has 0 aliphatic carbocycles. The Morgan fingerprint density at radius 2 is 1.83 bits per heavy atom. The van der Waals surface area contributed by atoms with Crippen LogP contribution in [0.1, 0.15) is 22.7 Å². The molecule has 0 spiro atoms. The molecule has 0 N–H and O–H groups in total. The van der Waals surface area contributed by atoms with Gasteiger partial charge in [0.15, 0.2) is 11.6 Å². The molecule has 1 fully saturated rings. The molecule has 2 aromatic heterocycles. The summed E-state index contributed by atoms with van der Waals surface area (Å²) in [7, 11) is 1.49. The molecule has 35 heavy (non-hydrogen) atoms. The molecule has 6 nitrogen and oxygen atoms in total. The Balaban J connectivity index is 1.45. The lowest BCUT2D eigenvalue weighted by molar-refractivity contribution is 0.0364. The van der Waals surface area contributed by atoms with Crippen LogP contribution < -0.4 is 4.74 Å². The molecule has 0 saturated carbocycles. The number of fused-ring (bicyclic) bond motifs is 1. The van der Waals surface area contributed by atoms with Crippen molar-refractivity contribution < 1.29 is 18.4 Å². The fourth-order valence-electron chi connectivity index (χ4n) is 5.05. The van der Waals surface area contributed by atoms with E-state index in [0.717, 1.165) is 80.4 Å². The summed E-state index contributed by atoms with van der Waals surface area (Å²) in [4.78, 5) is 2.45. The molecule has 0 amide bonds. The second-order valence-electron chi connectivity index (χ2n) is 9.18. The van der Waals surface area contributed by atoms with Gasteiger partial charge in [0.2, 0.25) is 0 Å². The van der Waals surface area contributed by atoms with Gasteiger partial charge in [0, 0.05) is 48.3 Å². The molecule has 4 aromatic rings. The number of hydrogen-bond acceptors (Lipinski definition) is 5. The largest absolute Gasteiger partial charge is 0.494 e. The van der Waals surface area contributed by atoms with Gasteiger partial charge in [0.05, 0.1) is 26.0 Å². The van der Waals surface area contributed by atoms with E-state index >= 15 is 0 Å². The third kappa shape index (κ3) is 4.97. The van der Waals surface area contributed by atoms with E-state index in [2.05, 4.69) is 38.9 Å². The van der Waals surface area contributed by atoms with Crippen molar-refractivity contribution in [3.63, 3.8) is 0 Å². The van der Waals surface area contributed by atoms with Crippen LogP contribution in [-0.4, -0.2) is 54.6 Å². The maximum atomic E-state index is 14.2. The highest BCUT2D eigenvalue weighted by atomic mass is 19.1. The minimum atomic E-state index is -0.318. The second kappa shape index (κ2) is 10.2. The Morgan fingerprint density at radius 1 is 1.00 bits per heavy atom. The Bertz CT molecular complexity index is 1300. The number of aromatic nitrogens is 2. The van der Waals surface area contributed by atoms with Gasteiger partial charge in [-0.1, -0.05) is 17.3 Å². The van der Waals surface area contributed by atoms with Crippen molar-refractivity contribution in [2.75, 3.05) is 40.0 Å². The summed E-state index contributed by atoms with van der Waals surface area (Å²) in [5, 5.41) is 5.32. The summed E-state index contributed by atoms with van der Waals surface area (Å²) < 4.78 is 32.6. The lowest BCUT2D eigenvalue weighted by atomic mass is 10.0. The smallest absolute Gasteiger partial charge is 0.165 e. The van der Waals surface area contributed by atoms with E-state index < -0.39 is 0 Å². The highest BCUT2D eigenvalue weighted by Crippen LogP contribution is 2.31. The zero-order valence-corrected chi connectivity index (χ0v) is 20.6. The van der Waals surface area contributed by atoms with Gasteiger partial charge in [-0.25, -0.2) is 4.39 Å². The number of halogens is 1. The van der Waals surface area contributed by atoms with E-state index in [1.807, 2.05) is 19.9 Å². The molecule has 1 saturated heterocycles. The summed E-state index contributed by atoms with van der Waals surface area (Å²) in [6.07, 6.45) is 1.58. The van der Waals surface area contributed by atoms with Gasteiger partial charge < -0.3 is 18.6 Å². The van der Waals surface area contributed by atoms with Gasteiger partial charge in [-0.15, -0.1) is 0 Å². The SMILES string of the molecule is COc1ccc(CCc2cc3cc(-c4c(C)noc4C)ccc3n2CCN2CCOCC2)cc1F. The van der Waals surface area contributed by atoms with E-state index in [4.69, 9.17) is 14.0 Å². The van der Waals surface area contributed by atoms with Crippen molar-refractivity contribution in [1.82, 2.24) is 14.6 Å². The van der Waals surface area contributed by atoms with Crippen LogP contribution in [0.25, 0.3) is 22.0 Å². The van der Waals surface area contributed by atoms with Crippen molar-refractivity contribution in [2.24, 2.45) is 0 Å². The number of ether oxygens (including phenoxy) is 2. The number of nitrogens with zero attached hydrogens (tertiary/aromatic N) is 3. The fourth-order valence-corrected chi connectivity index (χ4v) is 5.05. The molecule has 0 bridgehead atoms. The van der Waals surface area contributed by atoms with Crippen LogP contribution in [0, 0.1) is 19.7 Å². The number of rotatable bonds is 8. The first kappa shape index (κ1) is 23.6. The first-order valence-electron chi connectivity index (χ1n) is 12.2. The van der Waals surface area contributed by atoms with Crippen LogP contribution in [0.15, 0.2) is 47.0 Å². The molecular formula is C28H32FN3O3. The Kier molecular flexibility index (Phi) is 6.88. The highest BCUT2D eigenvalue weighted by molar-refractivity contribution is 5.87. The normalized spacial score (nSPS) is 14.6. The van der Waals surface area contributed by atoms with Crippen LogP contribution in [-0.2, 0) is 24.1 Å². The van der Waals surface area contributed by atoms with E-state index in [-0.39, 0.29) is 11.6 Å². The predicted octanol–water partition coefficient (Wildman–Crippen LogP) is 5.18. The van der Waals surface area contributed by atoms with Crippen molar-refractivity contribution in [3.8, 4) is 16.9 Å². The summed E-state index contributed by atoms with van der Waals surface area (Å²) in [5.41, 5.74) is 6.50. The molecule has 1 aliphatic rings. The number of morpholine rings is 1. The summed E-state index contributed by atoms with van der Waals surface area (Å²) >= 11 is 0. The van der Waals surface area contributed by atoms with E-state index in [1.165, 1.54) is 23.7 Å². The summed E-state index contributed by atoms with van der Waals surface area (Å²) in [6.45, 7) is 9.33. The molecular weight excluding hydrogens is 445 g/mol. The Morgan fingerprint density at radius 3 is 2.54 bits per heavy atom. The van der Waals surface area contributed by atoms with E-state index in [1.54, 1.807) is 12.1 Å². The molecule has 3 heterocycles. The number of benzene rings is 2. The standard InChI is InChI=1S/C28H32FN3O3/c1-19-28(20(2)35-30-19)22-6-8-26-23(17-22)18-24(32(26)11-10-31-12-14-34-15-13-31)7-4-21-5-9-27(33-3)25(29)16-21/h5-6,8-9,16-18H,4,7,10-15H2,1-3H3. The maximum absolute atomic E-state index is 14.2.